The molecule has 0 atom stereocenters. The van der Waals surface area contributed by atoms with E-state index in [1.807, 2.05) is 25.8 Å². The number of hydrogen-bond acceptors (Lipinski definition) is 4. The maximum Gasteiger partial charge on any atom is 0.242 e. The number of nitrogens with two attached hydrogens (primary N) is 1. The maximum atomic E-state index is 12.2. The van der Waals surface area contributed by atoms with Gasteiger partial charge in [0.05, 0.1) is 5.02 Å². The van der Waals surface area contributed by atoms with Crippen LogP contribution in [0.2, 0.25) is 5.02 Å². The highest BCUT2D eigenvalue weighted by molar-refractivity contribution is 7.89. The van der Waals surface area contributed by atoms with E-state index in [0.717, 1.165) is 0 Å². The first-order chi connectivity index (χ1) is 9.65. The molecule has 0 bridgehead atoms. The fourth-order valence-corrected chi connectivity index (χ4v) is 3.25. The molecule has 0 aromatic heterocycles. The Hall–Kier alpha value is -0.730. The number of hydrogen-bond donors (Lipinski definition) is 2. The third kappa shape index (κ3) is 5.19. The molecule has 8 heteroatoms. The summed E-state index contributed by atoms with van der Waals surface area (Å²) < 4.78 is 26.9. The molecule has 0 saturated carbocycles. The van der Waals surface area contributed by atoms with E-state index in [2.05, 4.69) is 4.72 Å². The average molecular weight is 350 g/mol. The molecule has 0 saturated heterocycles. The van der Waals surface area contributed by atoms with Gasteiger partial charge in [-0.1, -0.05) is 29.9 Å². The van der Waals surface area contributed by atoms with Gasteiger partial charge in [0.25, 0.3) is 0 Å². The summed E-state index contributed by atoms with van der Waals surface area (Å²) in [6.45, 7) is 5.00. The molecule has 5 nitrogen and oxygen atoms in total. The monoisotopic (exact) mass is 349 g/mol. The van der Waals surface area contributed by atoms with Crippen molar-refractivity contribution in [3.8, 4) is 0 Å². The standard InChI is InChI=1S/C13H20ClN3O2S2/c1-9(2)17(3)7-6-16-21(18,19)12-5-4-10(13(15)20)8-11(12)14/h4-5,8-9,16H,6-7H2,1-3H3,(H2,15,20). The fourth-order valence-electron chi connectivity index (χ4n) is 1.56. The van der Waals surface area contributed by atoms with Gasteiger partial charge in [-0.2, -0.15) is 0 Å². The van der Waals surface area contributed by atoms with Crippen LogP contribution in [-0.2, 0) is 10.0 Å². The first-order valence-electron chi connectivity index (χ1n) is 6.44. The molecule has 0 fully saturated rings. The minimum Gasteiger partial charge on any atom is -0.389 e. The van der Waals surface area contributed by atoms with Crippen LogP contribution in [0.4, 0.5) is 0 Å². The number of benzene rings is 1. The number of halogens is 1. The Bertz CT molecular complexity index is 618. The van der Waals surface area contributed by atoms with Gasteiger partial charge < -0.3 is 10.6 Å². The van der Waals surface area contributed by atoms with Gasteiger partial charge in [-0.05, 0) is 33.0 Å². The molecule has 118 valence electrons. The summed E-state index contributed by atoms with van der Waals surface area (Å²) in [6, 6.07) is 4.76. The second-order valence-electron chi connectivity index (χ2n) is 4.98. The van der Waals surface area contributed by atoms with Crippen molar-refractivity contribution in [2.24, 2.45) is 5.73 Å². The Labute approximate surface area is 136 Å². The van der Waals surface area contributed by atoms with Crippen LogP contribution in [0.15, 0.2) is 23.1 Å². The molecule has 0 aliphatic rings. The van der Waals surface area contributed by atoms with Gasteiger partial charge in [-0.15, -0.1) is 0 Å². The minimum absolute atomic E-state index is 0.0244. The van der Waals surface area contributed by atoms with Crippen LogP contribution < -0.4 is 10.5 Å². The maximum absolute atomic E-state index is 12.2. The number of sulfonamides is 1. The van der Waals surface area contributed by atoms with Gasteiger partial charge in [-0.3, -0.25) is 0 Å². The van der Waals surface area contributed by atoms with Crippen LogP contribution in [0, 0.1) is 0 Å². The van der Waals surface area contributed by atoms with E-state index in [1.54, 1.807) is 6.07 Å². The molecule has 0 aliphatic heterocycles. The first kappa shape index (κ1) is 18.3. The molecule has 1 aromatic carbocycles. The smallest absolute Gasteiger partial charge is 0.242 e. The SMILES string of the molecule is CC(C)N(C)CCNS(=O)(=O)c1ccc(C(N)=S)cc1Cl. The van der Waals surface area contributed by atoms with E-state index in [0.29, 0.717) is 24.7 Å². The second kappa shape index (κ2) is 7.51. The Kier molecular flexibility index (Phi) is 6.55. The second-order valence-corrected chi connectivity index (χ2v) is 7.56. The molecular formula is C13H20ClN3O2S2. The van der Waals surface area contributed by atoms with Gasteiger partial charge >= 0.3 is 0 Å². The Morgan fingerprint density at radius 2 is 2.10 bits per heavy atom. The molecular weight excluding hydrogens is 330 g/mol. The van der Waals surface area contributed by atoms with Crippen molar-refractivity contribution >= 4 is 38.8 Å². The van der Waals surface area contributed by atoms with Crippen molar-refractivity contribution in [2.45, 2.75) is 24.8 Å². The lowest BCUT2D eigenvalue weighted by Crippen LogP contribution is -2.36. The number of thiocarbonyl (C=S) groups is 1. The Morgan fingerprint density at radius 3 is 2.57 bits per heavy atom. The van der Waals surface area contributed by atoms with Crippen molar-refractivity contribution in [3.05, 3.63) is 28.8 Å². The van der Waals surface area contributed by atoms with Gasteiger partial charge in [0, 0.05) is 24.7 Å². The predicted octanol–water partition coefficient (Wildman–Crippen LogP) is 1.59. The lowest BCUT2D eigenvalue weighted by molar-refractivity contribution is 0.278. The summed E-state index contributed by atoms with van der Waals surface area (Å²) in [7, 11) is -1.71. The van der Waals surface area contributed by atoms with Crippen LogP contribution in [0.1, 0.15) is 19.4 Å². The number of rotatable bonds is 7. The fraction of sp³-hybridized carbons (Fsp3) is 0.462. The topological polar surface area (TPSA) is 75.4 Å². The number of likely N-dealkylation sites (N-methyl/N-ethyl adjacent to an activating group) is 1. The number of nitrogens with zero attached hydrogens (tertiary/aromatic N) is 1. The van der Waals surface area contributed by atoms with Crippen molar-refractivity contribution in [3.63, 3.8) is 0 Å². The van der Waals surface area contributed by atoms with E-state index in [9.17, 15) is 8.42 Å². The third-order valence-corrected chi connectivity index (χ3v) is 5.32. The Morgan fingerprint density at radius 1 is 1.48 bits per heavy atom. The zero-order valence-corrected chi connectivity index (χ0v) is 14.6. The highest BCUT2D eigenvalue weighted by atomic mass is 35.5. The van der Waals surface area contributed by atoms with Crippen molar-refractivity contribution in [1.29, 1.82) is 0 Å². The average Bonchev–Trinajstić information content (AvgIpc) is 2.37. The molecule has 0 spiro atoms. The molecule has 0 radical (unpaired) electrons. The molecule has 1 aromatic rings. The summed E-state index contributed by atoms with van der Waals surface area (Å²) in [6.07, 6.45) is 0. The lowest BCUT2D eigenvalue weighted by Gasteiger charge is -2.21. The minimum atomic E-state index is -3.65. The summed E-state index contributed by atoms with van der Waals surface area (Å²) in [5.41, 5.74) is 6.02. The van der Waals surface area contributed by atoms with Crippen LogP contribution in [0.25, 0.3) is 0 Å². The summed E-state index contributed by atoms with van der Waals surface area (Å²) >= 11 is 10.8. The van der Waals surface area contributed by atoms with Gasteiger partial charge in [0.2, 0.25) is 10.0 Å². The van der Waals surface area contributed by atoms with E-state index in [-0.39, 0.29) is 14.9 Å². The molecule has 3 N–H and O–H groups in total. The number of nitrogens with one attached hydrogen (secondary N) is 1. The van der Waals surface area contributed by atoms with Gasteiger partial charge in [0.15, 0.2) is 0 Å². The molecule has 0 amide bonds. The lowest BCUT2D eigenvalue weighted by atomic mass is 10.2. The van der Waals surface area contributed by atoms with Crippen LogP contribution in [0.5, 0.6) is 0 Å². The molecule has 0 unspecified atom stereocenters. The Balaban J connectivity index is 2.82. The zero-order valence-electron chi connectivity index (χ0n) is 12.3. The van der Waals surface area contributed by atoms with Crippen molar-refractivity contribution < 1.29 is 8.42 Å². The van der Waals surface area contributed by atoms with Crippen LogP contribution >= 0.6 is 23.8 Å². The zero-order chi connectivity index (χ0) is 16.2. The van der Waals surface area contributed by atoms with E-state index in [1.165, 1.54) is 12.1 Å². The van der Waals surface area contributed by atoms with Gasteiger partial charge in [-0.25, -0.2) is 13.1 Å². The summed E-state index contributed by atoms with van der Waals surface area (Å²) in [4.78, 5) is 2.24. The first-order valence-corrected chi connectivity index (χ1v) is 8.71. The van der Waals surface area contributed by atoms with Crippen molar-refractivity contribution in [1.82, 2.24) is 9.62 Å². The summed E-state index contributed by atoms with van der Waals surface area (Å²) in [5.74, 6) is 0. The molecule has 0 heterocycles. The normalized spacial score (nSPS) is 12.1. The third-order valence-electron chi connectivity index (χ3n) is 3.14. The highest BCUT2D eigenvalue weighted by Crippen LogP contribution is 2.22. The van der Waals surface area contributed by atoms with E-state index >= 15 is 0 Å². The largest absolute Gasteiger partial charge is 0.389 e. The quantitative estimate of drug-likeness (QED) is 0.731. The predicted molar refractivity (Wildman–Crippen MR) is 90.3 cm³/mol. The van der Waals surface area contributed by atoms with Crippen molar-refractivity contribution in [2.75, 3.05) is 20.1 Å². The van der Waals surface area contributed by atoms with E-state index < -0.39 is 10.0 Å². The van der Waals surface area contributed by atoms with E-state index in [4.69, 9.17) is 29.6 Å². The molecule has 21 heavy (non-hydrogen) atoms. The molecule has 0 aliphatic carbocycles. The molecule has 1 rings (SSSR count). The van der Waals surface area contributed by atoms with Gasteiger partial charge in [0.1, 0.15) is 9.88 Å². The van der Waals surface area contributed by atoms with Crippen LogP contribution in [-0.4, -0.2) is 44.5 Å². The highest BCUT2D eigenvalue weighted by Gasteiger charge is 2.18. The van der Waals surface area contributed by atoms with Crippen LogP contribution in [0.3, 0.4) is 0 Å². The summed E-state index contributed by atoms with van der Waals surface area (Å²) in [5, 5.41) is 0.102.